The number of nitrogen functional groups attached to an aromatic ring is 1. The summed E-state index contributed by atoms with van der Waals surface area (Å²) in [5, 5.41) is 0. The zero-order valence-corrected chi connectivity index (χ0v) is 9.34. The maximum atomic E-state index is 11.1. The highest BCUT2D eigenvalue weighted by Gasteiger charge is 2.08. The first-order valence-electron chi connectivity index (χ1n) is 4.82. The molecule has 6 heteroatoms. The van der Waals surface area contributed by atoms with Crippen molar-refractivity contribution >= 4 is 17.6 Å². The second-order valence-corrected chi connectivity index (χ2v) is 3.10. The van der Waals surface area contributed by atoms with Gasteiger partial charge in [0.05, 0.1) is 7.11 Å². The van der Waals surface area contributed by atoms with Crippen molar-refractivity contribution in [2.45, 2.75) is 0 Å². The number of methoxy groups -OCH3 is 1. The van der Waals surface area contributed by atoms with Crippen LogP contribution in [0, 0.1) is 0 Å². The first-order valence-corrected chi connectivity index (χ1v) is 4.82. The number of ether oxygens (including phenoxy) is 3. The summed E-state index contributed by atoms with van der Waals surface area (Å²) in [4.78, 5) is 21.8. The summed E-state index contributed by atoms with van der Waals surface area (Å²) in [6, 6.07) is 6.63. The van der Waals surface area contributed by atoms with E-state index in [1.54, 1.807) is 24.3 Å². The lowest BCUT2D eigenvalue weighted by molar-refractivity contribution is -0.158. The average molecular weight is 239 g/mol. The Balaban J connectivity index is 2.31. The molecular formula is C11H13NO5. The summed E-state index contributed by atoms with van der Waals surface area (Å²) in [6.07, 6.45) is 0. The van der Waals surface area contributed by atoms with Gasteiger partial charge in [0.25, 0.3) is 0 Å². The minimum Gasteiger partial charge on any atom is -0.482 e. The van der Waals surface area contributed by atoms with Crippen LogP contribution in [-0.2, 0) is 19.1 Å². The van der Waals surface area contributed by atoms with Crippen molar-refractivity contribution in [1.29, 1.82) is 0 Å². The van der Waals surface area contributed by atoms with Crippen LogP contribution < -0.4 is 10.5 Å². The number of carbonyl (C=O) groups is 2. The fourth-order valence-electron chi connectivity index (χ4n) is 0.987. The van der Waals surface area contributed by atoms with E-state index < -0.39 is 18.5 Å². The molecule has 92 valence electrons. The highest BCUT2D eigenvalue weighted by Crippen LogP contribution is 2.14. The standard InChI is InChI=1S/C11H13NO5/c1-15-10(13)6-17-11(14)7-16-9-4-2-3-8(12)5-9/h2-5H,6-7,12H2,1H3. The number of nitrogens with two attached hydrogens (primary N) is 1. The smallest absolute Gasteiger partial charge is 0.344 e. The van der Waals surface area contributed by atoms with Gasteiger partial charge < -0.3 is 19.9 Å². The average Bonchev–Trinajstić information content (AvgIpc) is 2.33. The van der Waals surface area contributed by atoms with Gasteiger partial charge in [-0.1, -0.05) is 6.07 Å². The molecule has 0 amide bonds. The van der Waals surface area contributed by atoms with Crippen LogP contribution in [0.4, 0.5) is 5.69 Å². The fraction of sp³-hybridized carbons (Fsp3) is 0.273. The molecule has 0 aliphatic carbocycles. The molecule has 0 aliphatic heterocycles. The topological polar surface area (TPSA) is 87.8 Å². The molecule has 6 nitrogen and oxygen atoms in total. The molecule has 0 aliphatic rings. The van der Waals surface area contributed by atoms with Crippen molar-refractivity contribution < 1.29 is 23.8 Å². The number of rotatable bonds is 5. The molecule has 0 bridgehead atoms. The first kappa shape index (κ1) is 12.8. The molecular weight excluding hydrogens is 226 g/mol. The largest absolute Gasteiger partial charge is 0.482 e. The maximum absolute atomic E-state index is 11.1. The van der Waals surface area contributed by atoms with E-state index in [0.717, 1.165) is 0 Å². The Morgan fingerprint density at radius 1 is 1.24 bits per heavy atom. The zero-order valence-electron chi connectivity index (χ0n) is 9.34. The van der Waals surface area contributed by atoms with Crippen LogP contribution in [-0.4, -0.2) is 32.3 Å². The highest BCUT2D eigenvalue weighted by atomic mass is 16.6. The number of hydrogen-bond donors (Lipinski definition) is 1. The van der Waals surface area contributed by atoms with Gasteiger partial charge >= 0.3 is 11.9 Å². The Hall–Kier alpha value is -2.24. The zero-order chi connectivity index (χ0) is 12.7. The quantitative estimate of drug-likeness (QED) is 0.589. The van der Waals surface area contributed by atoms with E-state index in [2.05, 4.69) is 9.47 Å². The second-order valence-electron chi connectivity index (χ2n) is 3.10. The third-order valence-corrected chi connectivity index (χ3v) is 1.79. The fourth-order valence-corrected chi connectivity index (χ4v) is 0.987. The lowest BCUT2D eigenvalue weighted by atomic mass is 10.3. The van der Waals surface area contributed by atoms with Crippen molar-refractivity contribution in [3.8, 4) is 5.75 Å². The molecule has 1 aromatic carbocycles. The van der Waals surface area contributed by atoms with E-state index in [4.69, 9.17) is 10.5 Å². The molecule has 0 spiro atoms. The Morgan fingerprint density at radius 2 is 2.00 bits per heavy atom. The van der Waals surface area contributed by atoms with Gasteiger partial charge in [0.1, 0.15) is 5.75 Å². The van der Waals surface area contributed by atoms with E-state index in [9.17, 15) is 9.59 Å². The van der Waals surface area contributed by atoms with Gasteiger partial charge in [-0.15, -0.1) is 0 Å². The molecule has 2 N–H and O–H groups in total. The summed E-state index contributed by atoms with van der Waals surface area (Å²) in [5.74, 6) is -0.819. The molecule has 0 fully saturated rings. The number of hydrogen-bond acceptors (Lipinski definition) is 6. The van der Waals surface area contributed by atoms with E-state index >= 15 is 0 Å². The predicted molar refractivity (Wildman–Crippen MR) is 59.3 cm³/mol. The summed E-state index contributed by atoms with van der Waals surface area (Å²) < 4.78 is 14.0. The first-order chi connectivity index (χ1) is 8.11. The van der Waals surface area contributed by atoms with E-state index in [0.29, 0.717) is 11.4 Å². The number of anilines is 1. The SMILES string of the molecule is COC(=O)COC(=O)COc1cccc(N)c1. The minimum atomic E-state index is -0.655. The summed E-state index contributed by atoms with van der Waals surface area (Å²) in [6.45, 7) is -0.712. The summed E-state index contributed by atoms with van der Waals surface area (Å²) in [5.41, 5.74) is 6.06. The minimum absolute atomic E-state index is 0.291. The van der Waals surface area contributed by atoms with Crippen molar-refractivity contribution in [1.82, 2.24) is 0 Å². The van der Waals surface area contributed by atoms with Crippen LogP contribution in [0.25, 0.3) is 0 Å². The molecule has 1 rings (SSSR count). The molecule has 0 radical (unpaired) electrons. The van der Waals surface area contributed by atoms with E-state index in [-0.39, 0.29) is 6.61 Å². The van der Waals surface area contributed by atoms with Gasteiger partial charge in [0, 0.05) is 11.8 Å². The Morgan fingerprint density at radius 3 is 2.65 bits per heavy atom. The van der Waals surface area contributed by atoms with Crippen LogP contribution >= 0.6 is 0 Å². The Bertz CT molecular complexity index is 405. The number of carbonyl (C=O) groups excluding carboxylic acids is 2. The van der Waals surface area contributed by atoms with Crippen LogP contribution in [0.5, 0.6) is 5.75 Å². The Kier molecular flexibility index (Phi) is 4.80. The van der Waals surface area contributed by atoms with Gasteiger partial charge in [-0.05, 0) is 12.1 Å². The molecule has 0 heterocycles. The van der Waals surface area contributed by atoms with Gasteiger partial charge in [-0.3, -0.25) is 0 Å². The van der Waals surface area contributed by atoms with Gasteiger partial charge in [0.2, 0.25) is 0 Å². The van der Waals surface area contributed by atoms with Gasteiger partial charge in [-0.25, -0.2) is 9.59 Å². The monoisotopic (exact) mass is 239 g/mol. The van der Waals surface area contributed by atoms with Crippen molar-refractivity contribution in [3.05, 3.63) is 24.3 Å². The van der Waals surface area contributed by atoms with E-state index in [1.165, 1.54) is 7.11 Å². The molecule has 0 unspecified atom stereocenters. The predicted octanol–water partition coefficient (Wildman–Crippen LogP) is 0.364. The Labute approximate surface area is 98.3 Å². The van der Waals surface area contributed by atoms with Crippen LogP contribution in [0.3, 0.4) is 0 Å². The number of benzene rings is 1. The molecule has 17 heavy (non-hydrogen) atoms. The van der Waals surface area contributed by atoms with Crippen molar-refractivity contribution in [2.75, 3.05) is 26.1 Å². The lowest BCUT2D eigenvalue weighted by Crippen LogP contribution is -2.20. The normalized spacial score (nSPS) is 9.47. The third-order valence-electron chi connectivity index (χ3n) is 1.79. The molecule has 0 aromatic heterocycles. The van der Waals surface area contributed by atoms with E-state index in [1.807, 2.05) is 0 Å². The van der Waals surface area contributed by atoms with Crippen LogP contribution in [0.2, 0.25) is 0 Å². The maximum Gasteiger partial charge on any atom is 0.344 e. The van der Waals surface area contributed by atoms with Crippen LogP contribution in [0.1, 0.15) is 0 Å². The summed E-state index contributed by atoms with van der Waals surface area (Å²) in [7, 11) is 1.21. The van der Waals surface area contributed by atoms with Gasteiger partial charge in [-0.2, -0.15) is 0 Å². The second kappa shape index (κ2) is 6.37. The highest BCUT2D eigenvalue weighted by molar-refractivity contribution is 5.77. The third kappa shape index (κ3) is 4.87. The lowest BCUT2D eigenvalue weighted by Gasteiger charge is -2.06. The molecule has 0 saturated carbocycles. The van der Waals surface area contributed by atoms with Crippen molar-refractivity contribution in [3.63, 3.8) is 0 Å². The van der Waals surface area contributed by atoms with Crippen LogP contribution in [0.15, 0.2) is 24.3 Å². The van der Waals surface area contributed by atoms with Gasteiger partial charge in [0.15, 0.2) is 13.2 Å². The molecule has 1 aromatic rings. The van der Waals surface area contributed by atoms with Crippen molar-refractivity contribution in [2.24, 2.45) is 0 Å². The molecule has 0 saturated heterocycles. The summed E-state index contributed by atoms with van der Waals surface area (Å²) >= 11 is 0. The number of esters is 2. The molecule has 0 atom stereocenters.